The molecule has 0 fully saturated rings. The molecule has 0 bridgehead atoms. The highest BCUT2D eigenvalue weighted by atomic mass is 19.4. The SMILES string of the molecule is CC(C)(COc1ncc(Nc2ncnc3c2CCN(c2ccc(C#N)c(C(F)(F)F)c2)C3)cc1F)n1cnnn1. The lowest BCUT2D eigenvalue weighted by Gasteiger charge is -2.31. The summed E-state index contributed by atoms with van der Waals surface area (Å²) in [4.78, 5) is 14.4. The van der Waals surface area contributed by atoms with Crippen LogP contribution >= 0.6 is 0 Å². The molecule has 206 valence electrons. The summed E-state index contributed by atoms with van der Waals surface area (Å²) in [5, 5.41) is 23.1. The first-order valence-electron chi connectivity index (χ1n) is 12.0. The Morgan fingerprint density at radius 3 is 2.67 bits per heavy atom. The van der Waals surface area contributed by atoms with Crippen molar-refractivity contribution in [2.24, 2.45) is 0 Å². The molecule has 1 aliphatic rings. The minimum Gasteiger partial charge on any atom is -0.473 e. The molecule has 0 radical (unpaired) electrons. The van der Waals surface area contributed by atoms with E-state index in [-0.39, 0.29) is 19.0 Å². The molecule has 1 aromatic carbocycles. The number of anilines is 3. The number of ether oxygens (including phenoxy) is 1. The highest BCUT2D eigenvalue weighted by Crippen LogP contribution is 2.36. The quantitative estimate of drug-likeness (QED) is 0.335. The van der Waals surface area contributed by atoms with E-state index >= 15 is 0 Å². The molecule has 0 amide bonds. The van der Waals surface area contributed by atoms with E-state index < -0.39 is 28.7 Å². The van der Waals surface area contributed by atoms with Crippen molar-refractivity contribution in [3.8, 4) is 11.9 Å². The van der Waals surface area contributed by atoms with Gasteiger partial charge in [-0.2, -0.15) is 18.4 Å². The number of nitrogens with zero attached hydrogens (tertiary/aromatic N) is 9. The van der Waals surface area contributed by atoms with Crippen molar-refractivity contribution in [1.29, 1.82) is 5.26 Å². The first kappa shape index (κ1) is 26.7. The number of pyridine rings is 1. The topological polar surface area (TPSA) is 131 Å². The van der Waals surface area contributed by atoms with Gasteiger partial charge in [0.2, 0.25) is 0 Å². The second-order valence-electron chi connectivity index (χ2n) is 9.65. The summed E-state index contributed by atoms with van der Waals surface area (Å²) in [6.07, 6.45) is -0.0631. The average molecular weight is 555 g/mol. The molecule has 0 atom stereocenters. The Labute approximate surface area is 225 Å². The lowest BCUT2D eigenvalue weighted by atomic mass is 10.0. The normalized spacial score (nSPS) is 13.5. The number of hydrogen-bond donors (Lipinski definition) is 1. The van der Waals surface area contributed by atoms with E-state index in [0.717, 1.165) is 11.6 Å². The first-order chi connectivity index (χ1) is 19.0. The summed E-state index contributed by atoms with van der Waals surface area (Å²) in [5.41, 5.74) is -0.0355. The van der Waals surface area contributed by atoms with Crippen molar-refractivity contribution >= 4 is 17.2 Å². The van der Waals surface area contributed by atoms with E-state index in [9.17, 15) is 17.6 Å². The van der Waals surface area contributed by atoms with E-state index in [1.54, 1.807) is 11.0 Å². The molecule has 3 aromatic heterocycles. The first-order valence-corrected chi connectivity index (χ1v) is 12.0. The third-order valence-electron chi connectivity index (χ3n) is 6.40. The molecule has 0 saturated carbocycles. The summed E-state index contributed by atoms with van der Waals surface area (Å²) in [7, 11) is 0. The number of aromatic nitrogens is 7. The van der Waals surface area contributed by atoms with Crippen LogP contribution in [0.4, 0.5) is 34.8 Å². The highest BCUT2D eigenvalue weighted by Gasteiger charge is 2.34. The second kappa shape index (κ2) is 10.4. The second-order valence-corrected chi connectivity index (χ2v) is 9.65. The largest absolute Gasteiger partial charge is 0.473 e. The fraction of sp³-hybridized carbons (Fsp3) is 0.320. The van der Waals surface area contributed by atoms with Gasteiger partial charge in [-0.25, -0.2) is 24.0 Å². The van der Waals surface area contributed by atoms with E-state index in [1.807, 2.05) is 13.8 Å². The number of halogens is 4. The Morgan fingerprint density at radius 2 is 1.98 bits per heavy atom. The zero-order valence-corrected chi connectivity index (χ0v) is 21.3. The maximum absolute atomic E-state index is 14.8. The average Bonchev–Trinajstić information content (AvgIpc) is 3.48. The number of rotatable bonds is 7. The Kier molecular flexibility index (Phi) is 6.92. The predicted molar refractivity (Wildman–Crippen MR) is 133 cm³/mol. The highest BCUT2D eigenvalue weighted by molar-refractivity contribution is 5.62. The monoisotopic (exact) mass is 554 g/mol. The summed E-state index contributed by atoms with van der Waals surface area (Å²) in [6.45, 7) is 4.33. The van der Waals surface area contributed by atoms with Crippen LogP contribution < -0.4 is 15.0 Å². The van der Waals surface area contributed by atoms with Gasteiger partial charge in [-0.05, 0) is 48.9 Å². The maximum Gasteiger partial charge on any atom is 0.417 e. The van der Waals surface area contributed by atoms with Crippen LogP contribution in [-0.4, -0.2) is 48.3 Å². The summed E-state index contributed by atoms with van der Waals surface area (Å²) >= 11 is 0. The minimum atomic E-state index is -4.65. The molecule has 5 rings (SSSR count). The third-order valence-corrected chi connectivity index (χ3v) is 6.40. The van der Waals surface area contributed by atoms with Crippen LogP contribution in [0.2, 0.25) is 0 Å². The molecule has 0 saturated heterocycles. The summed E-state index contributed by atoms with van der Waals surface area (Å²) < 4.78 is 62.2. The van der Waals surface area contributed by atoms with Crippen molar-refractivity contribution in [3.05, 3.63) is 71.3 Å². The van der Waals surface area contributed by atoms with Crippen LogP contribution in [0.25, 0.3) is 0 Å². The fourth-order valence-corrected chi connectivity index (χ4v) is 4.23. The lowest BCUT2D eigenvalue weighted by Crippen LogP contribution is -2.34. The molecule has 4 heterocycles. The standard InChI is InChI=1S/C25H22F4N10O/c1-24(2,39-14-34-36-37-39)12-40-23-20(26)7-16(10-31-23)35-22-18-5-6-38(11-21(18)32-13-33-22)17-4-3-15(9-30)19(8-17)25(27,28)29/h3-4,7-8,10,13-14H,5-6,11-12H2,1-2H3,(H,32,33,35). The van der Waals surface area contributed by atoms with Crippen molar-refractivity contribution < 1.29 is 22.3 Å². The molecule has 0 unspecified atom stereocenters. The van der Waals surface area contributed by atoms with Gasteiger partial charge in [0.25, 0.3) is 5.88 Å². The van der Waals surface area contributed by atoms with Crippen LogP contribution in [0, 0.1) is 17.1 Å². The number of nitrogens with one attached hydrogen (secondary N) is 1. The Morgan fingerprint density at radius 1 is 1.15 bits per heavy atom. The molecule has 0 aliphatic carbocycles. The van der Waals surface area contributed by atoms with Crippen LogP contribution in [0.5, 0.6) is 5.88 Å². The van der Waals surface area contributed by atoms with E-state index in [4.69, 9.17) is 10.00 Å². The van der Waals surface area contributed by atoms with Gasteiger partial charge in [0.1, 0.15) is 25.1 Å². The van der Waals surface area contributed by atoms with Crippen molar-refractivity contribution in [2.75, 3.05) is 23.4 Å². The van der Waals surface area contributed by atoms with Crippen molar-refractivity contribution in [2.45, 2.75) is 38.5 Å². The number of benzene rings is 1. The van der Waals surface area contributed by atoms with E-state index in [1.165, 1.54) is 41.7 Å². The summed E-state index contributed by atoms with van der Waals surface area (Å²) in [5.74, 6) is -0.434. The van der Waals surface area contributed by atoms with Gasteiger partial charge in [-0.3, -0.25) is 0 Å². The zero-order valence-electron chi connectivity index (χ0n) is 21.3. The Bertz CT molecular complexity index is 1570. The molecular weight excluding hydrogens is 532 g/mol. The molecule has 15 heteroatoms. The molecule has 40 heavy (non-hydrogen) atoms. The van der Waals surface area contributed by atoms with Gasteiger partial charge >= 0.3 is 6.18 Å². The lowest BCUT2D eigenvalue weighted by molar-refractivity contribution is -0.137. The smallest absolute Gasteiger partial charge is 0.417 e. The van der Waals surface area contributed by atoms with E-state index in [2.05, 4.69) is 35.8 Å². The maximum atomic E-state index is 14.8. The number of fused-ring (bicyclic) bond motifs is 1. The fourth-order valence-electron chi connectivity index (χ4n) is 4.23. The molecule has 4 aromatic rings. The van der Waals surface area contributed by atoms with Gasteiger partial charge in [0, 0.05) is 23.9 Å². The summed E-state index contributed by atoms with van der Waals surface area (Å²) in [6, 6.07) is 6.45. The van der Waals surface area contributed by atoms with Crippen LogP contribution in [-0.2, 0) is 24.7 Å². The van der Waals surface area contributed by atoms with Gasteiger partial charge in [0.15, 0.2) is 5.82 Å². The van der Waals surface area contributed by atoms with Gasteiger partial charge in [-0.15, -0.1) is 5.10 Å². The number of tetrazole rings is 1. The van der Waals surface area contributed by atoms with E-state index in [0.29, 0.717) is 35.9 Å². The third kappa shape index (κ3) is 5.46. The Balaban J connectivity index is 1.30. The number of alkyl halides is 3. The zero-order chi connectivity index (χ0) is 28.5. The molecular formula is C25H22F4N10O. The van der Waals surface area contributed by atoms with Crippen molar-refractivity contribution in [3.63, 3.8) is 0 Å². The van der Waals surface area contributed by atoms with Crippen LogP contribution in [0.1, 0.15) is 36.2 Å². The number of hydrogen-bond acceptors (Lipinski definition) is 10. The molecule has 0 spiro atoms. The van der Waals surface area contributed by atoms with Crippen LogP contribution in [0.15, 0.2) is 43.1 Å². The molecule has 11 nitrogen and oxygen atoms in total. The number of nitriles is 1. The minimum absolute atomic E-state index is 0.0638. The van der Waals surface area contributed by atoms with Gasteiger partial charge in [-0.1, -0.05) is 0 Å². The van der Waals surface area contributed by atoms with Gasteiger partial charge in [0.05, 0.1) is 46.9 Å². The predicted octanol–water partition coefficient (Wildman–Crippen LogP) is 4.01. The van der Waals surface area contributed by atoms with Crippen molar-refractivity contribution in [1.82, 2.24) is 35.2 Å². The molecule has 1 aliphatic heterocycles. The Hall–Kier alpha value is -4.87. The van der Waals surface area contributed by atoms with Gasteiger partial charge < -0.3 is 15.0 Å². The molecule has 1 N–H and O–H groups in total. The van der Waals surface area contributed by atoms with Crippen LogP contribution in [0.3, 0.4) is 0 Å².